The molecule has 0 unspecified atom stereocenters. The van der Waals surface area contributed by atoms with E-state index < -0.39 is 27.3 Å². The molecule has 2 rings (SSSR count). The number of rotatable bonds is 6. The van der Waals surface area contributed by atoms with Crippen LogP contribution in [0, 0.1) is 5.92 Å². The predicted molar refractivity (Wildman–Crippen MR) is 88.2 cm³/mol. The van der Waals surface area contributed by atoms with Gasteiger partial charge in [0.2, 0.25) is 0 Å². The van der Waals surface area contributed by atoms with E-state index >= 15 is 0 Å². The molecule has 0 fully saturated rings. The van der Waals surface area contributed by atoms with Gasteiger partial charge in [-0.25, -0.2) is 13.4 Å². The van der Waals surface area contributed by atoms with E-state index in [1.807, 2.05) is 13.8 Å². The number of sulfone groups is 1. The molecule has 142 valence electrons. The van der Waals surface area contributed by atoms with Crippen LogP contribution in [0.5, 0.6) is 0 Å². The zero-order chi connectivity index (χ0) is 19.7. The van der Waals surface area contributed by atoms with Crippen LogP contribution < -0.4 is 5.32 Å². The first kappa shape index (κ1) is 19.9. The molecule has 0 aromatic carbocycles. The fraction of sp³-hybridized carbons (Fsp3) is 0.400. The maximum absolute atomic E-state index is 13.2. The number of halogens is 3. The Kier molecular flexibility index (Phi) is 5.40. The number of pyridine rings is 1. The van der Waals surface area contributed by atoms with E-state index in [2.05, 4.69) is 15.4 Å². The predicted octanol–water partition coefficient (Wildman–Crippen LogP) is 2.57. The fourth-order valence-corrected chi connectivity index (χ4v) is 2.66. The van der Waals surface area contributed by atoms with Crippen molar-refractivity contribution in [2.45, 2.75) is 24.9 Å². The van der Waals surface area contributed by atoms with Crippen LogP contribution in [0.25, 0.3) is 5.82 Å². The van der Waals surface area contributed by atoms with Gasteiger partial charge < -0.3 is 5.32 Å². The molecular weight excluding hydrogens is 373 g/mol. The normalized spacial score (nSPS) is 12.4. The van der Waals surface area contributed by atoms with Gasteiger partial charge in [-0.15, -0.1) is 0 Å². The molecule has 0 bridgehead atoms. The Morgan fingerprint density at radius 2 is 1.96 bits per heavy atom. The molecular formula is C15H17F3N4O3S. The molecule has 26 heavy (non-hydrogen) atoms. The largest absolute Gasteiger partial charge is 0.435 e. The Balaban J connectivity index is 2.62. The van der Waals surface area contributed by atoms with Crippen LogP contribution >= 0.6 is 0 Å². The van der Waals surface area contributed by atoms with Gasteiger partial charge >= 0.3 is 6.18 Å². The molecule has 0 saturated carbocycles. The molecule has 0 saturated heterocycles. The average Bonchev–Trinajstić information content (AvgIpc) is 2.90. The third-order valence-electron chi connectivity index (χ3n) is 3.35. The molecule has 11 heteroatoms. The smallest absolute Gasteiger partial charge is 0.369 e. The van der Waals surface area contributed by atoms with Crippen molar-refractivity contribution in [2.24, 2.45) is 5.92 Å². The van der Waals surface area contributed by atoms with Gasteiger partial charge in [0, 0.05) is 19.0 Å². The molecule has 0 radical (unpaired) electrons. The summed E-state index contributed by atoms with van der Waals surface area (Å²) in [5, 5.41) is 6.26. The van der Waals surface area contributed by atoms with Gasteiger partial charge in [-0.3, -0.25) is 4.79 Å². The average molecular weight is 390 g/mol. The number of carbonyl (C=O) groups excluding carboxylic acids is 1. The summed E-state index contributed by atoms with van der Waals surface area (Å²) < 4.78 is 63.4. The van der Waals surface area contributed by atoms with E-state index in [9.17, 15) is 26.4 Å². The highest BCUT2D eigenvalue weighted by molar-refractivity contribution is 7.90. The van der Waals surface area contributed by atoms with E-state index in [1.54, 1.807) is 0 Å². The molecule has 0 amide bonds. The minimum absolute atomic E-state index is 0.0535. The molecule has 0 atom stereocenters. The first-order valence-electron chi connectivity index (χ1n) is 7.51. The van der Waals surface area contributed by atoms with Crippen LogP contribution in [0.4, 0.5) is 19.0 Å². The quantitative estimate of drug-likeness (QED) is 0.762. The minimum Gasteiger partial charge on any atom is -0.369 e. The number of aldehydes is 1. The summed E-state index contributed by atoms with van der Waals surface area (Å²) in [4.78, 5) is 15.1. The number of nitrogens with one attached hydrogen (secondary N) is 1. The lowest BCUT2D eigenvalue weighted by molar-refractivity contribution is -0.141. The standard InChI is InChI=1S/C15H17F3N4O3S/c1-9(2)6-20-14-11(8-23)13(15(16,17)18)21-22(14)12-5-4-10(7-19-12)26(3,24)25/h4-5,7-9,20H,6H2,1-3H3. The highest BCUT2D eigenvalue weighted by atomic mass is 32.2. The van der Waals surface area contributed by atoms with Crippen molar-refractivity contribution in [1.82, 2.24) is 14.8 Å². The van der Waals surface area contributed by atoms with Crippen molar-refractivity contribution < 1.29 is 26.4 Å². The van der Waals surface area contributed by atoms with Crippen molar-refractivity contribution >= 4 is 21.9 Å². The number of nitrogens with zero attached hydrogens (tertiary/aromatic N) is 3. The molecule has 2 heterocycles. The minimum atomic E-state index is -4.83. The molecule has 0 spiro atoms. The first-order valence-corrected chi connectivity index (χ1v) is 9.40. The summed E-state index contributed by atoms with van der Waals surface area (Å²) in [6.45, 7) is 3.99. The summed E-state index contributed by atoms with van der Waals surface area (Å²) in [5.41, 5.74) is -1.97. The van der Waals surface area contributed by atoms with Crippen molar-refractivity contribution in [1.29, 1.82) is 0 Å². The monoisotopic (exact) mass is 390 g/mol. The molecule has 2 aromatic rings. The van der Waals surface area contributed by atoms with Crippen molar-refractivity contribution in [3.63, 3.8) is 0 Å². The number of anilines is 1. The van der Waals surface area contributed by atoms with E-state index in [1.165, 1.54) is 12.1 Å². The lowest BCUT2D eigenvalue weighted by Gasteiger charge is -2.12. The lowest BCUT2D eigenvalue weighted by atomic mass is 10.2. The summed E-state index contributed by atoms with van der Waals surface area (Å²) >= 11 is 0. The second kappa shape index (κ2) is 7.06. The van der Waals surface area contributed by atoms with Gasteiger partial charge in [0.1, 0.15) is 5.82 Å². The number of hydrogen-bond donors (Lipinski definition) is 1. The molecule has 7 nitrogen and oxygen atoms in total. The van der Waals surface area contributed by atoms with Gasteiger partial charge in [-0.05, 0) is 18.1 Å². The van der Waals surface area contributed by atoms with Crippen LogP contribution in [-0.2, 0) is 16.0 Å². The Hall–Kier alpha value is -2.43. The molecule has 1 N–H and O–H groups in total. The van der Waals surface area contributed by atoms with Crippen molar-refractivity contribution in [2.75, 3.05) is 18.1 Å². The van der Waals surface area contributed by atoms with Crippen molar-refractivity contribution in [3.8, 4) is 5.82 Å². The summed E-state index contributed by atoms with van der Waals surface area (Å²) in [7, 11) is -3.51. The third kappa shape index (κ3) is 4.21. The highest BCUT2D eigenvalue weighted by Gasteiger charge is 2.39. The number of aromatic nitrogens is 3. The summed E-state index contributed by atoms with van der Waals surface area (Å²) in [5.74, 6) is -0.115. The van der Waals surface area contributed by atoms with E-state index in [0.29, 0.717) is 6.54 Å². The zero-order valence-electron chi connectivity index (χ0n) is 14.2. The second-order valence-corrected chi connectivity index (χ2v) is 8.05. The SMILES string of the molecule is CC(C)CNc1c(C=O)c(C(F)(F)F)nn1-c1ccc(S(C)(=O)=O)cn1. The van der Waals surface area contributed by atoms with Crippen LogP contribution in [0.3, 0.4) is 0 Å². The number of hydrogen-bond acceptors (Lipinski definition) is 6. The Bertz CT molecular complexity index is 903. The van der Waals surface area contributed by atoms with Crippen LogP contribution in [0.15, 0.2) is 23.2 Å². The van der Waals surface area contributed by atoms with Crippen molar-refractivity contribution in [3.05, 3.63) is 29.6 Å². The van der Waals surface area contributed by atoms with E-state index in [-0.39, 0.29) is 28.7 Å². The molecule has 2 aromatic heterocycles. The fourth-order valence-electron chi connectivity index (χ4n) is 2.10. The van der Waals surface area contributed by atoms with E-state index in [0.717, 1.165) is 17.1 Å². The van der Waals surface area contributed by atoms with Gasteiger partial charge in [0.25, 0.3) is 0 Å². The summed E-state index contributed by atoms with van der Waals surface area (Å²) in [6.07, 6.45) is -2.74. The van der Waals surface area contributed by atoms with Gasteiger partial charge in [0.15, 0.2) is 27.6 Å². The topological polar surface area (TPSA) is 94.0 Å². The van der Waals surface area contributed by atoms with Crippen LogP contribution in [-0.4, -0.2) is 42.3 Å². The molecule has 0 aliphatic heterocycles. The first-order chi connectivity index (χ1) is 11.9. The lowest BCUT2D eigenvalue weighted by Crippen LogP contribution is -2.14. The Labute approximate surface area is 148 Å². The van der Waals surface area contributed by atoms with Gasteiger partial charge in [-0.2, -0.15) is 23.0 Å². The highest BCUT2D eigenvalue weighted by Crippen LogP contribution is 2.34. The van der Waals surface area contributed by atoms with Gasteiger partial charge in [-0.1, -0.05) is 13.8 Å². The molecule has 0 aliphatic rings. The Morgan fingerprint density at radius 1 is 1.31 bits per heavy atom. The summed E-state index contributed by atoms with van der Waals surface area (Å²) in [6, 6.07) is 2.43. The third-order valence-corrected chi connectivity index (χ3v) is 4.45. The second-order valence-electron chi connectivity index (χ2n) is 6.04. The van der Waals surface area contributed by atoms with Crippen LogP contribution in [0.2, 0.25) is 0 Å². The van der Waals surface area contributed by atoms with E-state index in [4.69, 9.17) is 0 Å². The number of carbonyl (C=O) groups is 1. The number of alkyl halides is 3. The molecule has 0 aliphatic carbocycles. The maximum atomic E-state index is 13.2. The van der Waals surface area contributed by atoms with Gasteiger partial charge in [0.05, 0.1) is 10.5 Å². The van der Waals surface area contributed by atoms with Crippen LogP contribution in [0.1, 0.15) is 29.9 Å². The Morgan fingerprint density at radius 3 is 2.38 bits per heavy atom. The zero-order valence-corrected chi connectivity index (χ0v) is 15.0. The maximum Gasteiger partial charge on any atom is 0.435 e.